The predicted molar refractivity (Wildman–Crippen MR) is 108 cm³/mol. The van der Waals surface area contributed by atoms with Crippen LogP contribution in [0.2, 0.25) is 0 Å². The van der Waals surface area contributed by atoms with Crippen molar-refractivity contribution in [3.63, 3.8) is 0 Å². The number of carbonyl (C=O) groups excluding carboxylic acids is 1. The summed E-state index contributed by atoms with van der Waals surface area (Å²) in [4.78, 5) is 14.8. The second-order valence-corrected chi connectivity index (χ2v) is 6.65. The molecule has 0 fully saturated rings. The Labute approximate surface area is 158 Å². The van der Waals surface area contributed by atoms with Gasteiger partial charge in [-0.2, -0.15) is 5.26 Å². The maximum Gasteiger partial charge on any atom is 0.267 e. The van der Waals surface area contributed by atoms with Gasteiger partial charge in [-0.1, -0.05) is 45.9 Å². The summed E-state index contributed by atoms with van der Waals surface area (Å²) in [6, 6.07) is 7.94. The summed E-state index contributed by atoms with van der Waals surface area (Å²) in [6.07, 6.45) is 2.48. The summed E-state index contributed by atoms with van der Waals surface area (Å²) in [7, 11) is 0. The fourth-order valence-electron chi connectivity index (χ4n) is 2.79. The van der Waals surface area contributed by atoms with Crippen LogP contribution < -0.4 is 10.6 Å². The summed E-state index contributed by atoms with van der Waals surface area (Å²) in [5.41, 5.74) is 2.96. The minimum absolute atomic E-state index is 0.0887. The molecule has 0 aromatic heterocycles. The minimum Gasteiger partial charge on any atom is -0.390 e. The number of nitrogens with zero attached hydrogens (tertiary/aromatic N) is 2. The summed E-state index contributed by atoms with van der Waals surface area (Å²) in [5.74, 6) is -0.0853. The van der Waals surface area contributed by atoms with Crippen molar-refractivity contribution in [1.82, 2.24) is 10.2 Å². The number of anilines is 1. The summed E-state index contributed by atoms with van der Waals surface area (Å²) in [6.45, 7) is 14.2. The molecule has 0 aliphatic rings. The van der Waals surface area contributed by atoms with Crippen LogP contribution in [-0.2, 0) is 4.79 Å². The van der Waals surface area contributed by atoms with Gasteiger partial charge in [0.05, 0.1) is 0 Å². The molecule has 0 aliphatic heterocycles. The lowest BCUT2D eigenvalue weighted by Crippen LogP contribution is -2.26. The van der Waals surface area contributed by atoms with E-state index in [2.05, 4.69) is 43.2 Å². The number of hydrogen-bond donors (Lipinski definition) is 2. The molecule has 2 N–H and O–H groups in total. The zero-order chi connectivity index (χ0) is 19.5. The van der Waals surface area contributed by atoms with Crippen LogP contribution in [0.25, 0.3) is 0 Å². The number of hydrogen-bond acceptors (Lipinski definition) is 4. The van der Waals surface area contributed by atoms with E-state index >= 15 is 0 Å². The van der Waals surface area contributed by atoms with E-state index in [4.69, 9.17) is 0 Å². The highest BCUT2D eigenvalue weighted by Gasteiger charge is 2.15. The molecule has 0 radical (unpaired) electrons. The minimum atomic E-state index is -0.375. The largest absolute Gasteiger partial charge is 0.390 e. The van der Waals surface area contributed by atoms with E-state index in [1.54, 1.807) is 0 Å². The van der Waals surface area contributed by atoms with Gasteiger partial charge in [-0.15, -0.1) is 0 Å². The Bertz CT molecular complexity index is 654. The van der Waals surface area contributed by atoms with Crippen LogP contribution in [0.5, 0.6) is 0 Å². The second kappa shape index (κ2) is 11.3. The van der Waals surface area contributed by atoms with Gasteiger partial charge in [0.15, 0.2) is 0 Å². The Kier molecular flexibility index (Phi) is 9.46. The maximum absolute atomic E-state index is 12.5. The van der Waals surface area contributed by atoms with Gasteiger partial charge in [0.1, 0.15) is 11.6 Å². The van der Waals surface area contributed by atoms with Gasteiger partial charge in [-0.05, 0) is 50.0 Å². The van der Waals surface area contributed by atoms with Crippen molar-refractivity contribution in [2.45, 2.75) is 47.0 Å². The molecular weight excluding hydrogens is 324 g/mol. The number of nitriles is 1. The van der Waals surface area contributed by atoms with Crippen molar-refractivity contribution in [3.05, 3.63) is 41.1 Å². The maximum atomic E-state index is 12.5. The number of benzene rings is 1. The van der Waals surface area contributed by atoms with Crippen molar-refractivity contribution < 1.29 is 4.79 Å². The molecule has 0 saturated heterocycles. The van der Waals surface area contributed by atoms with Gasteiger partial charge in [0.2, 0.25) is 0 Å². The summed E-state index contributed by atoms with van der Waals surface area (Å²) < 4.78 is 0. The average Bonchev–Trinajstić information content (AvgIpc) is 2.62. The standard InChI is InChI=1S/C21H32N4O/c1-6-25(7-2)13-9-12-23-15-18(14-22)21(26)24-20-17(5)10-8-11-19(20)16(3)4/h8,10-11,15-16,23H,6-7,9,12-13H2,1-5H3,(H,24,26)/b18-15-. The fraction of sp³-hybridized carbons (Fsp3) is 0.524. The number of nitrogens with one attached hydrogen (secondary N) is 2. The number of rotatable bonds is 10. The molecule has 1 amide bonds. The molecule has 1 rings (SSSR count). The Morgan fingerprint density at radius 1 is 1.31 bits per heavy atom. The molecular formula is C21H32N4O. The average molecular weight is 357 g/mol. The zero-order valence-corrected chi connectivity index (χ0v) is 16.7. The third kappa shape index (κ3) is 6.53. The van der Waals surface area contributed by atoms with Crippen LogP contribution >= 0.6 is 0 Å². The van der Waals surface area contributed by atoms with Crippen LogP contribution in [0.15, 0.2) is 30.0 Å². The quantitative estimate of drug-likeness (QED) is 0.380. The Hall–Kier alpha value is -2.32. The van der Waals surface area contributed by atoms with Gasteiger partial charge in [0, 0.05) is 18.4 Å². The number of para-hydroxylation sites is 1. The second-order valence-electron chi connectivity index (χ2n) is 6.65. The molecule has 0 heterocycles. The van der Waals surface area contributed by atoms with Crippen molar-refractivity contribution in [2.75, 3.05) is 31.5 Å². The van der Waals surface area contributed by atoms with Gasteiger partial charge in [-0.3, -0.25) is 4.79 Å². The van der Waals surface area contributed by atoms with E-state index < -0.39 is 0 Å². The first-order chi connectivity index (χ1) is 12.4. The van der Waals surface area contributed by atoms with Gasteiger partial charge < -0.3 is 15.5 Å². The Balaban J connectivity index is 2.69. The van der Waals surface area contributed by atoms with E-state index in [-0.39, 0.29) is 17.4 Å². The highest BCUT2D eigenvalue weighted by atomic mass is 16.1. The molecule has 5 nitrogen and oxygen atoms in total. The first-order valence-electron chi connectivity index (χ1n) is 9.41. The molecule has 0 bridgehead atoms. The smallest absolute Gasteiger partial charge is 0.267 e. The van der Waals surface area contributed by atoms with Crippen LogP contribution in [0.4, 0.5) is 5.69 Å². The zero-order valence-electron chi connectivity index (χ0n) is 16.7. The van der Waals surface area contributed by atoms with E-state index in [0.29, 0.717) is 0 Å². The van der Waals surface area contributed by atoms with Crippen LogP contribution in [0.3, 0.4) is 0 Å². The Morgan fingerprint density at radius 2 is 2.00 bits per heavy atom. The van der Waals surface area contributed by atoms with Gasteiger partial charge in [-0.25, -0.2) is 0 Å². The Morgan fingerprint density at radius 3 is 2.58 bits per heavy atom. The number of amides is 1. The number of carbonyl (C=O) groups is 1. The van der Waals surface area contributed by atoms with E-state index in [1.807, 2.05) is 31.2 Å². The molecule has 142 valence electrons. The van der Waals surface area contributed by atoms with Gasteiger partial charge in [0.25, 0.3) is 5.91 Å². The van der Waals surface area contributed by atoms with Gasteiger partial charge >= 0.3 is 0 Å². The first kappa shape index (κ1) is 21.7. The highest BCUT2D eigenvalue weighted by Crippen LogP contribution is 2.27. The molecule has 0 unspecified atom stereocenters. The van der Waals surface area contributed by atoms with Crippen LogP contribution in [0.1, 0.15) is 51.2 Å². The fourth-order valence-corrected chi connectivity index (χ4v) is 2.79. The lowest BCUT2D eigenvalue weighted by atomic mass is 9.98. The molecule has 5 heteroatoms. The van der Waals surface area contributed by atoms with Crippen molar-refractivity contribution in [2.24, 2.45) is 0 Å². The molecule has 0 aliphatic carbocycles. The highest BCUT2D eigenvalue weighted by molar-refractivity contribution is 6.07. The van der Waals surface area contributed by atoms with Crippen molar-refractivity contribution in [1.29, 1.82) is 5.26 Å². The van der Waals surface area contributed by atoms with Crippen molar-refractivity contribution >= 4 is 11.6 Å². The normalized spacial score (nSPS) is 11.5. The van der Waals surface area contributed by atoms with Crippen LogP contribution in [0, 0.1) is 18.3 Å². The molecule has 26 heavy (non-hydrogen) atoms. The molecule has 1 aromatic rings. The first-order valence-corrected chi connectivity index (χ1v) is 9.41. The van der Waals surface area contributed by atoms with Crippen LogP contribution in [-0.4, -0.2) is 37.0 Å². The third-order valence-electron chi connectivity index (χ3n) is 4.47. The molecule has 0 spiro atoms. The molecule has 0 saturated carbocycles. The van der Waals surface area contributed by atoms with Crippen molar-refractivity contribution in [3.8, 4) is 6.07 Å². The number of aryl methyl sites for hydroxylation is 1. The SMILES string of the molecule is CCN(CC)CCCN/C=C(/C#N)C(=O)Nc1c(C)cccc1C(C)C. The lowest BCUT2D eigenvalue weighted by molar-refractivity contribution is -0.112. The molecule has 0 atom stereocenters. The monoisotopic (exact) mass is 356 g/mol. The third-order valence-corrected chi connectivity index (χ3v) is 4.47. The van der Waals surface area contributed by atoms with E-state index in [0.717, 1.165) is 49.4 Å². The summed E-state index contributed by atoms with van der Waals surface area (Å²) in [5, 5.41) is 15.3. The lowest BCUT2D eigenvalue weighted by Gasteiger charge is -2.17. The van der Waals surface area contributed by atoms with E-state index in [1.165, 1.54) is 6.20 Å². The molecule has 1 aromatic carbocycles. The summed E-state index contributed by atoms with van der Waals surface area (Å²) >= 11 is 0. The topological polar surface area (TPSA) is 68.2 Å². The van der Waals surface area contributed by atoms with E-state index in [9.17, 15) is 10.1 Å². The predicted octanol–water partition coefficient (Wildman–Crippen LogP) is 3.79.